The Hall–Kier alpha value is -0.130. The zero-order valence-electron chi connectivity index (χ0n) is 11.4. The molecule has 1 unspecified atom stereocenters. The summed E-state index contributed by atoms with van der Waals surface area (Å²) in [6.07, 6.45) is 3.27. The Kier molecular flexibility index (Phi) is 8.63. The van der Waals surface area contributed by atoms with Gasteiger partial charge in [-0.25, -0.2) is 0 Å². The summed E-state index contributed by atoms with van der Waals surface area (Å²) < 4.78 is 6.87. The van der Waals surface area contributed by atoms with E-state index in [9.17, 15) is 0 Å². The lowest BCUT2D eigenvalue weighted by Crippen LogP contribution is -2.32. The summed E-state index contributed by atoms with van der Waals surface area (Å²) in [6, 6.07) is 9.31. The molecule has 0 amide bonds. The van der Waals surface area contributed by atoms with Crippen LogP contribution in [-0.2, 0) is 11.2 Å². The van der Waals surface area contributed by atoms with E-state index in [-0.39, 0.29) is 0 Å². The fourth-order valence-electron chi connectivity index (χ4n) is 1.94. The maximum absolute atomic E-state index is 5.58. The van der Waals surface area contributed by atoms with Crippen LogP contribution in [0.25, 0.3) is 0 Å². The first-order valence-corrected chi connectivity index (χ1v) is 7.89. The van der Waals surface area contributed by atoms with Crippen LogP contribution in [0.15, 0.2) is 24.3 Å². The van der Waals surface area contributed by atoms with Crippen LogP contribution >= 0.6 is 22.6 Å². The molecule has 0 aliphatic heterocycles. The monoisotopic (exact) mass is 361 g/mol. The van der Waals surface area contributed by atoms with E-state index < -0.39 is 0 Å². The first-order chi connectivity index (χ1) is 8.76. The predicted molar refractivity (Wildman–Crippen MR) is 86.1 cm³/mol. The Labute approximate surface area is 125 Å². The van der Waals surface area contributed by atoms with Crippen LogP contribution in [0.4, 0.5) is 0 Å². The molecule has 2 nitrogen and oxygen atoms in total. The molecule has 0 bridgehead atoms. The molecular weight excluding hydrogens is 337 g/mol. The molecule has 3 heteroatoms. The Morgan fingerprint density at radius 3 is 2.50 bits per heavy atom. The molecule has 0 spiro atoms. The van der Waals surface area contributed by atoms with Crippen molar-refractivity contribution in [2.45, 2.75) is 39.2 Å². The summed E-state index contributed by atoms with van der Waals surface area (Å²) in [4.78, 5) is 0. The largest absolute Gasteiger partial charge is 0.381 e. The number of hydrogen-bond acceptors (Lipinski definition) is 2. The van der Waals surface area contributed by atoms with E-state index in [1.54, 1.807) is 0 Å². The smallest absolute Gasteiger partial charge is 0.0480 e. The Morgan fingerprint density at radius 2 is 1.89 bits per heavy atom. The second kappa shape index (κ2) is 9.75. The topological polar surface area (TPSA) is 21.3 Å². The quantitative estimate of drug-likeness (QED) is 0.536. The SMILES string of the molecule is CCCOCCC(Cc1ccc(I)cc1)NCC. The van der Waals surface area contributed by atoms with Gasteiger partial charge in [-0.1, -0.05) is 26.0 Å². The zero-order valence-corrected chi connectivity index (χ0v) is 13.6. The van der Waals surface area contributed by atoms with Crippen LogP contribution in [0.1, 0.15) is 32.3 Å². The van der Waals surface area contributed by atoms with E-state index in [1.165, 1.54) is 9.13 Å². The number of hydrogen-bond donors (Lipinski definition) is 1. The van der Waals surface area contributed by atoms with E-state index in [4.69, 9.17) is 4.74 Å². The molecule has 0 saturated carbocycles. The number of nitrogens with one attached hydrogen (secondary N) is 1. The second-order valence-corrected chi connectivity index (χ2v) is 5.73. The van der Waals surface area contributed by atoms with Gasteiger partial charge in [0.05, 0.1) is 0 Å². The van der Waals surface area contributed by atoms with Crippen molar-refractivity contribution in [2.24, 2.45) is 0 Å². The zero-order chi connectivity index (χ0) is 13.2. The van der Waals surface area contributed by atoms with Crippen LogP contribution in [0.2, 0.25) is 0 Å². The van der Waals surface area contributed by atoms with Gasteiger partial charge in [0.25, 0.3) is 0 Å². The summed E-state index contributed by atoms with van der Waals surface area (Å²) in [5.74, 6) is 0. The summed E-state index contributed by atoms with van der Waals surface area (Å²) in [5.41, 5.74) is 1.40. The molecule has 1 rings (SSSR count). The van der Waals surface area contributed by atoms with Crippen LogP contribution in [0.5, 0.6) is 0 Å². The summed E-state index contributed by atoms with van der Waals surface area (Å²) in [7, 11) is 0. The van der Waals surface area contributed by atoms with Gasteiger partial charge < -0.3 is 10.1 Å². The first-order valence-electron chi connectivity index (χ1n) is 6.81. The molecule has 1 aromatic carbocycles. The standard InChI is InChI=1S/C15H24INO/c1-3-10-18-11-9-15(17-4-2)12-13-5-7-14(16)8-6-13/h5-8,15,17H,3-4,9-12H2,1-2H3. The molecular formula is C15H24INO. The number of halogens is 1. The van der Waals surface area contributed by atoms with Gasteiger partial charge in [-0.15, -0.1) is 0 Å². The maximum atomic E-state index is 5.58. The summed E-state index contributed by atoms with van der Waals surface area (Å²) >= 11 is 2.34. The molecule has 0 heterocycles. The minimum absolute atomic E-state index is 0.520. The molecule has 102 valence electrons. The Morgan fingerprint density at radius 1 is 1.17 bits per heavy atom. The molecule has 0 aliphatic carbocycles. The molecule has 1 atom stereocenters. The molecule has 1 aromatic rings. The van der Waals surface area contributed by atoms with Gasteiger partial charge >= 0.3 is 0 Å². The van der Waals surface area contributed by atoms with Crippen molar-refractivity contribution in [1.82, 2.24) is 5.32 Å². The van der Waals surface area contributed by atoms with Crippen LogP contribution in [-0.4, -0.2) is 25.8 Å². The maximum Gasteiger partial charge on any atom is 0.0480 e. The molecule has 0 fully saturated rings. The highest BCUT2D eigenvalue weighted by Gasteiger charge is 2.08. The predicted octanol–water partition coefficient (Wildman–Crippen LogP) is 3.63. The number of rotatable bonds is 9. The molecule has 18 heavy (non-hydrogen) atoms. The highest BCUT2D eigenvalue weighted by atomic mass is 127. The summed E-state index contributed by atoms with van der Waals surface area (Å²) in [6.45, 7) is 7.06. The average Bonchev–Trinajstić information content (AvgIpc) is 2.37. The number of likely N-dealkylation sites (N-methyl/N-ethyl adjacent to an activating group) is 1. The fourth-order valence-corrected chi connectivity index (χ4v) is 2.30. The third-order valence-corrected chi connectivity index (χ3v) is 3.57. The van der Waals surface area contributed by atoms with E-state index in [1.807, 2.05) is 0 Å². The van der Waals surface area contributed by atoms with E-state index in [2.05, 4.69) is 66.0 Å². The minimum Gasteiger partial charge on any atom is -0.381 e. The Bertz CT molecular complexity index is 313. The van der Waals surface area contributed by atoms with E-state index in [0.29, 0.717) is 6.04 Å². The molecule has 0 aliphatic rings. The molecule has 0 aromatic heterocycles. The van der Waals surface area contributed by atoms with Crippen LogP contribution in [0, 0.1) is 3.57 Å². The van der Waals surface area contributed by atoms with E-state index >= 15 is 0 Å². The average molecular weight is 361 g/mol. The van der Waals surface area contributed by atoms with Crippen LogP contribution in [0.3, 0.4) is 0 Å². The van der Waals surface area contributed by atoms with Crippen molar-refractivity contribution in [1.29, 1.82) is 0 Å². The van der Waals surface area contributed by atoms with Gasteiger partial charge in [0.15, 0.2) is 0 Å². The lowest BCUT2D eigenvalue weighted by atomic mass is 10.0. The molecule has 0 saturated heterocycles. The van der Waals surface area contributed by atoms with E-state index in [0.717, 1.165) is 39.0 Å². The van der Waals surface area contributed by atoms with Gasteiger partial charge in [-0.05, 0) is 66.1 Å². The lowest BCUT2D eigenvalue weighted by Gasteiger charge is -2.18. The third-order valence-electron chi connectivity index (χ3n) is 2.85. The fraction of sp³-hybridized carbons (Fsp3) is 0.600. The van der Waals surface area contributed by atoms with Crippen molar-refractivity contribution in [3.8, 4) is 0 Å². The van der Waals surface area contributed by atoms with Crippen LogP contribution < -0.4 is 5.32 Å². The van der Waals surface area contributed by atoms with Crippen molar-refractivity contribution in [3.63, 3.8) is 0 Å². The summed E-state index contributed by atoms with van der Waals surface area (Å²) in [5, 5.41) is 3.54. The third kappa shape index (κ3) is 6.71. The lowest BCUT2D eigenvalue weighted by molar-refractivity contribution is 0.124. The van der Waals surface area contributed by atoms with Gasteiger partial charge in [0.2, 0.25) is 0 Å². The van der Waals surface area contributed by atoms with Gasteiger partial charge in [-0.3, -0.25) is 0 Å². The van der Waals surface area contributed by atoms with Gasteiger partial charge in [0.1, 0.15) is 0 Å². The highest BCUT2D eigenvalue weighted by molar-refractivity contribution is 14.1. The van der Waals surface area contributed by atoms with Crippen molar-refractivity contribution in [2.75, 3.05) is 19.8 Å². The first kappa shape index (κ1) is 15.9. The number of benzene rings is 1. The van der Waals surface area contributed by atoms with Crippen molar-refractivity contribution < 1.29 is 4.74 Å². The normalized spacial score (nSPS) is 12.6. The minimum atomic E-state index is 0.520. The van der Waals surface area contributed by atoms with Gasteiger partial charge in [0, 0.05) is 22.8 Å². The van der Waals surface area contributed by atoms with Crippen molar-refractivity contribution >= 4 is 22.6 Å². The number of ether oxygens (including phenoxy) is 1. The van der Waals surface area contributed by atoms with Gasteiger partial charge in [-0.2, -0.15) is 0 Å². The Balaban J connectivity index is 2.38. The highest BCUT2D eigenvalue weighted by Crippen LogP contribution is 2.10. The molecule has 0 radical (unpaired) electrons. The van der Waals surface area contributed by atoms with Crippen molar-refractivity contribution in [3.05, 3.63) is 33.4 Å². The molecule has 1 N–H and O–H groups in total. The second-order valence-electron chi connectivity index (χ2n) is 4.49.